The van der Waals surface area contributed by atoms with Gasteiger partial charge in [0.15, 0.2) is 11.5 Å². The first-order valence-corrected chi connectivity index (χ1v) is 11.7. The molecular formula is C26H33N3O5. The summed E-state index contributed by atoms with van der Waals surface area (Å²) in [5.74, 6) is 2.58. The molecule has 34 heavy (non-hydrogen) atoms. The maximum atomic E-state index is 11.8. The Balaban J connectivity index is 1.23. The van der Waals surface area contributed by atoms with Crippen molar-refractivity contribution in [1.82, 2.24) is 14.9 Å². The van der Waals surface area contributed by atoms with E-state index in [0.29, 0.717) is 41.5 Å². The third-order valence-corrected chi connectivity index (χ3v) is 6.26. The number of fused-ring (bicyclic) bond motifs is 1. The van der Waals surface area contributed by atoms with Crippen molar-refractivity contribution < 1.29 is 19.3 Å². The molecule has 0 aliphatic carbocycles. The Morgan fingerprint density at radius 1 is 1.12 bits per heavy atom. The van der Waals surface area contributed by atoms with Gasteiger partial charge in [0.25, 0.3) is 5.56 Å². The fourth-order valence-electron chi connectivity index (χ4n) is 4.26. The predicted octanol–water partition coefficient (Wildman–Crippen LogP) is 3.08. The van der Waals surface area contributed by atoms with Crippen LogP contribution < -0.4 is 19.8 Å². The Labute approximate surface area is 199 Å². The summed E-state index contributed by atoms with van der Waals surface area (Å²) >= 11 is 0. The molecule has 2 N–H and O–H groups in total. The Kier molecular flexibility index (Phi) is 7.70. The zero-order chi connectivity index (χ0) is 24.1. The molecule has 0 spiro atoms. The smallest absolute Gasteiger partial charge is 0.269 e. The van der Waals surface area contributed by atoms with Gasteiger partial charge < -0.3 is 29.2 Å². The fourth-order valence-corrected chi connectivity index (χ4v) is 4.26. The summed E-state index contributed by atoms with van der Waals surface area (Å²) in [6.07, 6.45) is 1.41. The van der Waals surface area contributed by atoms with Crippen LogP contribution in [-0.4, -0.2) is 66.0 Å². The van der Waals surface area contributed by atoms with E-state index in [1.54, 1.807) is 32.2 Å². The van der Waals surface area contributed by atoms with Crippen LogP contribution in [0.2, 0.25) is 0 Å². The first-order chi connectivity index (χ1) is 16.4. The van der Waals surface area contributed by atoms with Crippen LogP contribution in [-0.2, 0) is 0 Å². The molecular weight excluding hydrogens is 434 g/mol. The van der Waals surface area contributed by atoms with Crippen LogP contribution in [0.5, 0.6) is 17.2 Å². The first kappa shape index (κ1) is 24.0. The molecule has 0 radical (unpaired) electrons. The number of nitrogens with one attached hydrogen (secondary N) is 1. The summed E-state index contributed by atoms with van der Waals surface area (Å²) in [5, 5.41) is 10.5. The standard InChI is InChI=1S/C26H33N3O5/c1-17-7-8-22(24(13-17)32-3)33-15-19-9-11-29(12-10-19)14-20(30)16-34-23-6-4-5-21-25(23)27-18(2)26(31)28-21/h4-8,13,19-20,30H,9-12,14-16H2,1-3H3,(H,28,31). The Morgan fingerprint density at radius 2 is 1.91 bits per heavy atom. The first-order valence-electron chi connectivity index (χ1n) is 11.7. The van der Waals surface area contributed by atoms with E-state index in [-0.39, 0.29) is 12.2 Å². The van der Waals surface area contributed by atoms with Gasteiger partial charge in [-0.3, -0.25) is 4.79 Å². The fraction of sp³-hybridized carbons (Fsp3) is 0.462. The maximum Gasteiger partial charge on any atom is 0.269 e. The van der Waals surface area contributed by atoms with E-state index < -0.39 is 6.10 Å². The summed E-state index contributed by atoms with van der Waals surface area (Å²) in [6.45, 7) is 6.88. The predicted molar refractivity (Wildman–Crippen MR) is 131 cm³/mol. The van der Waals surface area contributed by atoms with Crippen molar-refractivity contribution >= 4 is 11.0 Å². The van der Waals surface area contributed by atoms with Crippen molar-refractivity contribution in [1.29, 1.82) is 0 Å². The van der Waals surface area contributed by atoms with Gasteiger partial charge in [0, 0.05) is 6.54 Å². The maximum absolute atomic E-state index is 11.8. The molecule has 3 aromatic rings. The lowest BCUT2D eigenvalue weighted by molar-refractivity contribution is 0.0505. The minimum atomic E-state index is -0.622. The second-order valence-corrected chi connectivity index (χ2v) is 8.98. The Bertz CT molecular complexity index is 1170. The number of para-hydroxylation sites is 1. The number of piperidine rings is 1. The minimum Gasteiger partial charge on any atom is -0.493 e. The van der Waals surface area contributed by atoms with Crippen molar-refractivity contribution in [3.05, 3.63) is 58.0 Å². The number of hydrogen-bond acceptors (Lipinski definition) is 7. The molecule has 0 bridgehead atoms. The molecule has 1 saturated heterocycles. The van der Waals surface area contributed by atoms with Crippen LogP contribution in [0.1, 0.15) is 24.1 Å². The minimum absolute atomic E-state index is 0.162. The number of hydrogen-bond donors (Lipinski definition) is 2. The molecule has 0 amide bonds. The number of aryl methyl sites for hydroxylation is 2. The summed E-state index contributed by atoms with van der Waals surface area (Å²) in [6, 6.07) is 11.4. The highest BCUT2D eigenvalue weighted by Gasteiger charge is 2.22. The van der Waals surface area contributed by atoms with Gasteiger partial charge in [0.05, 0.1) is 19.2 Å². The third kappa shape index (κ3) is 5.87. The number of aromatic nitrogens is 2. The van der Waals surface area contributed by atoms with E-state index in [0.717, 1.165) is 43.0 Å². The van der Waals surface area contributed by atoms with Crippen LogP contribution in [0.3, 0.4) is 0 Å². The van der Waals surface area contributed by atoms with Gasteiger partial charge in [-0.25, -0.2) is 4.98 Å². The van der Waals surface area contributed by atoms with Crippen molar-refractivity contribution in [2.24, 2.45) is 5.92 Å². The van der Waals surface area contributed by atoms with Gasteiger partial charge in [-0.05, 0) is 75.5 Å². The number of aliphatic hydroxyl groups is 1. The van der Waals surface area contributed by atoms with Gasteiger partial charge in [-0.15, -0.1) is 0 Å². The summed E-state index contributed by atoms with van der Waals surface area (Å²) in [7, 11) is 1.66. The summed E-state index contributed by atoms with van der Waals surface area (Å²) < 4.78 is 17.3. The molecule has 1 atom stereocenters. The molecule has 4 rings (SSSR count). The average Bonchev–Trinajstić information content (AvgIpc) is 2.83. The molecule has 2 aromatic carbocycles. The quantitative estimate of drug-likeness (QED) is 0.499. The Hall–Kier alpha value is -3.10. The van der Waals surface area contributed by atoms with Crippen LogP contribution in [0.25, 0.3) is 11.0 Å². The lowest BCUT2D eigenvalue weighted by Crippen LogP contribution is -2.41. The number of aromatic amines is 1. The molecule has 1 aromatic heterocycles. The van der Waals surface area contributed by atoms with E-state index in [1.807, 2.05) is 25.1 Å². The molecule has 8 heteroatoms. The zero-order valence-electron chi connectivity index (χ0n) is 20.0. The average molecular weight is 468 g/mol. The van der Waals surface area contributed by atoms with Crippen molar-refractivity contribution in [2.45, 2.75) is 32.8 Å². The molecule has 2 heterocycles. The number of aliphatic hydroxyl groups excluding tert-OH is 1. The third-order valence-electron chi connectivity index (χ3n) is 6.26. The monoisotopic (exact) mass is 467 g/mol. The highest BCUT2D eigenvalue weighted by atomic mass is 16.5. The van der Waals surface area contributed by atoms with Gasteiger partial charge in [-0.1, -0.05) is 12.1 Å². The highest BCUT2D eigenvalue weighted by molar-refractivity contribution is 5.80. The van der Waals surface area contributed by atoms with Crippen LogP contribution >= 0.6 is 0 Å². The number of ether oxygens (including phenoxy) is 3. The SMILES string of the molecule is COc1cc(C)ccc1OCC1CCN(CC(O)COc2cccc3[nH]c(=O)c(C)nc23)CC1. The lowest BCUT2D eigenvalue weighted by Gasteiger charge is -2.33. The second-order valence-electron chi connectivity index (χ2n) is 8.98. The van der Waals surface area contributed by atoms with Gasteiger partial charge >= 0.3 is 0 Å². The molecule has 1 aliphatic rings. The summed E-state index contributed by atoms with van der Waals surface area (Å²) in [5.41, 5.74) is 2.53. The molecule has 1 unspecified atom stereocenters. The van der Waals surface area contributed by atoms with Crippen LogP contribution in [0, 0.1) is 19.8 Å². The molecule has 1 aliphatic heterocycles. The number of methoxy groups -OCH3 is 1. The number of nitrogens with zero attached hydrogens (tertiary/aromatic N) is 2. The molecule has 8 nitrogen and oxygen atoms in total. The molecule has 0 saturated carbocycles. The number of H-pyrrole nitrogens is 1. The van der Waals surface area contributed by atoms with E-state index in [4.69, 9.17) is 14.2 Å². The van der Waals surface area contributed by atoms with Crippen LogP contribution in [0.15, 0.2) is 41.2 Å². The van der Waals surface area contributed by atoms with Gasteiger partial charge in [0.1, 0.15) is 29.7 Å². The number of rotatable bonds is 9. The lowest BCUT2D eigenvalue weighted by atomic mass is 9.97. The summed E-state index contributed by atoms with van der Waals surface area (Å²) in [4.78, 5) is 21.2. The number of β-amino-alcohol motifs (C(OH)–C–C–N with tert-alkyl or cyclic N) is 1. The van der Waals surface area contributed by atoms with Gasteiger partial charge in [-0.2, -0.15) is 0 Å². The van der Waals surface area contributed by atoms with E-state index in [1.165, 1.54) is 0 Å². The van der Waals surface area contributed by atoms with Crippen LogP contribution in [0.4, 0.5) is 0 Å². The molecule has 182 valence electrons. The second kappa shape index (κ2) is 10.9. The normalized spacial score (nSPS) is 15.9. The topological polar surface area (TPSA) is 96.9 Å². The zero-order valence-corrected chi connectivity index (χ0v) is 20.0. The van der Waals surface area contributed by atoms with E-state index in [2.05, 4.69) is 14.9 Å². The highest BCUT2D eigenvalue weighted by Crippen LogP contribution is 2.29. The Morgan fingerprint density at radius 3 is 2.68 bits per heavy atom. The van der Waals surface area contributed by atoms with Crippen molar-refractivity contribution in [3.63, 3.8) is 0 Å². The van der Waals surface area contributed by atoms with Crippen molar-refractivity contribution in [2.75, 3.05) is 40.0 Å². The largest absolute Gasteiger partial charge is 0.493 e. The number of benzene rings is 2. The number of likely N-dealkylation sites (tertiary alicyclic amines) is 1. The molecule has 1 fully saturated rings. The van der Waals surface area contributed by atoms with Crippen molar-refractivity contribution in [3.8, 4) is 17.2 Å². The van der Waals surface area contributed by atoms with E-state index in [9.17, 15) is 9.90 Å². The van der Waals surface area contributed by atoms with E-state index >= 15 is 0 Å². The van der Waals surface area contributed by atoms with Gasteiger partial charge in [0.2, 0.25) is 0 Å².